The molecule has 3 heteroatoms. The van der Waals surface area contributed by atoms with Gasteiger partial charge in [-0.05, 0) is 57.7 Å². The number of hydrogen-bond acceptors (Lipinski definition) is 3. The van der Waals surface area contributed by atoms with Crippen molar-refractivity contribution < 1.29 is 4.74 Å². The quantitative estimate of drug-likeness (QED) is 0.902. The van der Waals surface area contributed by atoms with Crippen LogP contribution in [-0.2, 0) is 17.7 Å². The minimum atomic E-state index is -0.0746. The number of fused-ring (bicyclic) bond motifs is 1. The third kappa shape index (κ3) is 3.41. The van der Waals surface area contributed by atoms with Crippen molar-refractivity contribution in [3.63, 3.8) is 0 Å². The van der Waals surface area contributed by atoms with E-state index in [2.05, 4.69) is 56.1 Å². The molecule has 0 amide bonds. The maximum Gasteiger partial charge on any atom is 0.0760 e. The first-order valence-corrected chi connectivity index (χ1v) is 8.12. The Morgan fingerprint density at radius 3 is 2.57 bits per heavy atom. The highest BCUT2D eigenvalue weighted by Gasteiger charge is 2.38. The highest BCUT2D eigenvalue weighted by atomic mass is 16.5. The molecule has 1 fully saturated rings. The van der Waals surface area contributed by atoms with Gasteiger partial charge in [-0.3, -0.25) is 4.90 Å². The molecule has 1 N–H and O–H groups in total. The molecule has 0 atom stereocenters. The van der Waals surface area contributed by atoms with E-state index < -0.39 is 0 Å². The summed E-state index contributed by atoms with van der Waals surface area (Å²) in [6, 6.07) is 6.69. The molecule has 0 unspecified atom stereocenters. The van der Waals surface area contributed by atoms with Crippen LogP contribution in [0.15, 0.2) is 18.2 Å². The summed E-state index contributed by atoms with van der Waals surface area (Å²) in [5.74, 6) is 0. The summed E-state index contributed by atoms with van der Waals surface area (Å²) in [5.41, 5.74) is 4.19. The van der Waals surface area contributed by atoms with Gasteiger partial charge in [-0.1, -0.05) is 12.1 Å². The molecule has 3 rings (SSSR count). The summed E-state index contributed by atoms with van der Waals surface area (Å²) in [4.78, 5) is 2.55. The van der Waals surface area contributed by atoms with E-state index >= 15 is 0 Å². The molecular weight excluding hydrogens is 260 g/mol. The second-order valence-corrected chi connectivity index (χ2v) is 7.74. The lowest BCUT2D eigenvalue weighted by atomic mass is 9.95. The Bertz CT molecular complexity index is 506. The Hall–Kier alpha value is -1.06. The van der Waals surface area contributed by atoms with Crippen LogP contribution < -0.4 is 5.32 Å². The van der Waals surface area contributed by atoms with Crippen molar-refractivity contribution in [2.75, 3.05) is 25.0 Å². The van der Waals surface area contributed by atoms with Gasteiger partial charge in [0, 0.05) is 31.9 Å². The molecule has 3 nitrogen and oxygen atoms in total. The fourth-order valence-electron chi connectivity index (χ4n) is 4.03. The third-order valence-corrected chi connectivity index (χ3v) is 4.35. The van der Waals surface area contributed by atoms with Crippen LogP contribution in [-0.4, -0.2) is 35.7 Å². The maximum absolute atomic E-state index is 6.19. The predicted octanol–water partition coefficient (Wildman–Crippen LogP) is 3.43. The molecule has 116 valence electrons. The number of benzene rings is 1. The summed E-state index contributed by atoms with van der Waals surface area (Å²) < 4.78 is 6.19. The molecule has 21 heavy (non-hydrogen) atoms. The second-order valence-electron chi connectivity index (χ2n) is 7.74. The van der Waals surface area contributed by atoms with E-state index in [-0.39, 0.29) is 11.2 Å². The van der Waals surface area contributed by atoms with Crippen molar-refractivity contribution in [3.8, 4) is 0 Å². The Balaban J connectivity index is 1.80. The fourth-order valence-corrected chi connectivity index (χ4v) is 4.03. The molecule has 0 radical (unpaired) electrons. The van der Waals surface area contributed by atoms with Crippen molar-refractivity contribution in [1.82, 2.24) is 4.90 Å². The van der Waals surface area contributed by atoms with Gasteiger partial charge in [0.2, 0.25) is 0 Å². The molecule has 0 aromatic heterocycles. The number of rotatable bonds is 2. The molecule has 0 bridgehead atoms. The Morgan fingerprint density at radius 1 is 1.14 bits per heavy atom. The lowest BCUT2D eigenvalue weighted by Gasteiger charge is -2.47. The smallest absolute Gasteiger partial charge is 0.0760 e. The molecule has 0 aliphatic carbocycles. The topological polar surface area (TPSA) is 24.5 Å². The van der Waals surface area contributed by atoms with Gasteiger partial charge >= 0.3 is 0 Å². The van der Waals surface area contributed by atoms with Crippen molar-refractivity contribution in [1.29, 1.82) is 0 Å². The van der Waals surface area contributed by atoms with Crippen molar-refractivity contribution in [2.45, 2.75) is 58.3 Å². The SMILES string of the molecule is CC1(C)CN(Cc2cccc3c2CCCN3)CC(C)(C)O1. The Morgan fingerprint density at radius 2 is 1.86 bits per heavy atom. The van der Waals surface area contributed by atoms with E-state index in [0.29, 0.717) is 0 Å². The Kier molecular flexibility index (Phi) is 3.74. The van der Waals surface area contributed by atoms with Crippen LogP contribution in [0.2, 0.25) is 0 Å². The fraction of sp³-hybridized carbons (Fsp3) is 0.667. The van der Waals surface area contributed by atoms with E-state index in [4.69, 9.17) is 4.74 Å². The molecule has 0 spiro atoms. The minimum Gasteiger partial charge on any atom is -0.385 e. The molecule has 2 aliphatic rings. The van der Waals surface area contributed by atoms with Gasteiger partial charge in [0.15, 0.2) is 0 Å². The maximum atomic E-state index is 6.19. The average molecular weight is 288 g/mol. The van der Waals surface area contributed by atoms with E-state index in [1.165, 1.54) is 29.7 Å². The number of anilines is 1. The van der Waals surface area contributed by atoms with Crippen LogP contribution in [0.3, 0.4) is 0 Å². The van der Waals surface area contributed by atoms with E-state index in [9.17, 15) is 0 Å². The number of nitrogens with one attached hydrogen (secondary N) is 1. The standard InChI is InChI=1S/C18H28N2O/c1-17(2)12-20(13-18(3,4)21-17)11-14-7-5-9-16-15(14)8-6-10-19-16/h5,7,9,19H,6,8,10-13H2,1-4H3. The van der Waals surface area contributed by atoms with E-state index in [0.717, 1.165) is 26.2 Å². The second kappa shape index (κ2) is 5.29. The van der Waals surface area contributed by atoms with Crippen LogP contribution in [0.1, 0.15) is 45.2 Å². The Labute approximate surface area is 128 Å². The summed E-state index contributed by atoms with van der Waals surface area (Å²) in [6.45, 7) is 12.9. The number of hydrogen-bond donors (Lipinski definition) is 1. The first-order valence-electron chi connectivity index (χ1n) is 8.12. The van der Waals surface area contributed by atoms with Gasteiger partial charge in [-0.25, -0.2) is 0 Å². The first-order chi connectivity index (χ1) is 9.85. The number of ether oxygens (including phenoxy) is 1. The van der Waals surface area contributed by atoms with Crippen LogP contribution >= 0.6 is 0 Å². The molecule has 2 aliphatic heterocycles. The van der Waals surface area contributed by atoms with Gasteiger partial charge in [0.1, 0.15) is 0 Å². The van der Waals surface area contributed by atoms with Crippen LogP contribution in [0.25, 0.3) is 0 Å². The summed E-state index contributed by atoms with van der Waals surface area (Å²) in [7, 11) is 0. The van der Waals surface area contributed by atoms with E-state index in [1.54, 1.807) is 0 Å². The average Bonchev–Trinajstić information content (AvgIpc) is 2.35. The summed E-state index contributed by atoms with van der Waals surface area (Å²) >= 11 is 0. The first kappa shape index (κ1) is 14.9. The molecular formula is C18H28N2O. The number of nitrogens with zero attached hydrogens (tertiary/aromatic N) is 1. The monoisotopic (exact) mass is 288 g/mol. The molecule has 1 saturated heterocycles. The molecule has 0 saturated carbocycles. The molecule has 1 aromatic rings. The largest absolute Gasteiger partial charge is 0.385 e. The van der Waals surface area contributed by atoms with E-state index in [1.807, 2.05) is 0 Å². The highest BCUT2D eigenvalue weighted by molar-refractivity contribution is 5.56. The zero-order valence-corrected chi connectivity index (χ0v) is 13.8. The summed E-state index contributed by atoms with van der Waals surface area (Å²) in [6.07, 6.45) is 2.44. The molecule has 1 aromatic carbocycles. The minimum absolute atomic E-state index is 0.0746. The van der Waals surface area contributed by atoms with Gasteiger partial charge in [-0.15, -0.1) is 0 Å². The highest BCUT2D eigenvalue weighted by Crippen LogP contribution is 2.31. The van der Waals surface area contributed by atoms with Crippen molar-refractivity contribution in [3.05, 3.63) is 29.3 Å². The predicted molar refractivity (Wildman–Crippen MR) is 87.8 cm³/mol. The van der Waals surface area contributed by atoms with Crippen molar-refractivity contribution in [2.24, 2.45) is 0 Å². The normalized spacial score (nSPS) is 24.2. The van der Waals surface area contributed by atoms with Gasteiger partial charge in [0.25, 0.3) is 0 Å². The molecule has 2 heterocycles. The van der Waals surface area contributed by atoms with Crippen LogP contribution in [0.5, 0.6) is 0 Å². The summed E-state index contributed by atoms with van der Waals surface area (Å²) in [5, 5.41) is 3.53. The lowest BCUT2D eigenvalue weighted by Crippen LogP contribution is -2.56. The zero-order chi connectivity index (χ0) is 15.1. The zero-order valence-electron chi connectivity index (χ0n) is 13.8. The van der Waals surface area contributed by atoms with Crippen LogP contribution in [0, 0.1) is 0 Å². The van der Waals surface area contributed by atoms with Crippen molar-refractivity contribution >= 4 is 5.69 Å². The van der Waals surface area contributed by atoms with Crippen LogP contribution in [0.4, 0.5) is 5.69 Å². The third-order valence-electron chi connectivity index (χ3n) is 4.35. The lowest BCUT2D eigenvalue weighted by molar-refractivity contribution is -0.182. The van der Waals surface area contributed by atoms with Gasteiger partial charge in [-0.2, -0.15) is 0 Å². The van der Waals surface area contributed by atoms with Gasteiger partial charge in [0.05, 0.1) is 11.2 Å². The van der Waals surface area contributed by atoms with Gasteiger partial charge < -0.3 is 10.1 Å². The number of morpholine rings is 1.